The zero-order valence-corrected chi connectivity index (χ0v) is 11.1. The predicted molar refractivity (Wildman–Crippen MR) is 79.4 cm³/mol. The summed E-state index contributed by atoms with van der Waals surface area (Å²) in [6.45, 7) is 1.11. The van der Waals surface area contributed by atoms with E-state index in [0.717, 1.165) is 16.8 Å². The monoisotopic (exact) mass is 267 g/mol. The van der Waals surface area contributed by atoms with E-state index < -0.39 is 0 Å². The topological polar surface area (TPSA) is 58.4 Å². The van der Waals surface area contributed by atoms with Crippen molar-refractivity contribution >= 4 is 11.7 Å². The molecule has 4 nitrogen and oxygen atoms in total. The molecule has 3 N–H and O–H groups in total. The highest BCUT2D eigenvalue weighted by molar-refractivity contribution is 5.94. The second kappa shape index (κ2) is 5.35. The molecule has 0 spiro atoms. The number of rotatable bonds is 3. The lowest BCUT2D eigenvalue weighted by atomic mass is 10.1. The van der Waals surface area contributed by atoms with Gasteiger partial charge in [-0.1, -0.05) is 42.5 Å². The van der Waals surface area contributed by atoms with Crippen molar-refractivity contribution in [1.29, 1.82) is 0 Å². The molecule has 2 amide bonds. The van der Waals surface area contributed by atoms with Crippen molar-refractivity contribution in [2.45, 2.75) is 12.6 Å². The van der Waals surface area contributed by atoms with Crippen LogP contribution in [0.15, 0.2) is 54.6 Å². The van der Waals surface area contributed by atoms with Crippen LogP contribution in [-0.2, 0) is 6.54 Å². The Morgan fingerprint density at radius 1 is 1.15 bits per heavy atom. The van der Waals surface area contributed by atoms with E-state index in [1.165, 1.54) is 0 Å². The fourth-order valence-corrected chi connectivity index (χ4v) is 2.49. The zero-order chi connectivity index (χ0) is 13.9. The summed E-state index contributed by atoms with van der Waals surface area (Å²) in [6, 6.07) is 17.8. The van der Waals surface area contributed by atoms with Crippen LogP contribution in [0.5, 0.6) is 0 Å². The molecular weight excluding hydrogens is 250 g/mol. The van der Waals surface area contributed by atoms with Crippen molar-refractivity contribution in [2.75, 3.05) is 11.4 Å². The zero-order valence-electron chi connectivity index (χ0n) is 11.1. The standard InChI is InChI=1S/C16H17N3O/c17-10-12-5-4-8-14(9-12)19-11-15(18-16(19)20)13-6-2-1-3-7-13/h1-9,15H,10-11,17H2,(H,18,20). The molecule has 1 unspecified atom stereocenters. The van der Waals surface area contributed by atoms with E-state index in [0.29, 0.717) is 13.1 Å². The maximum absolute atomic E-state index is 12.1. The van der Waals surface area contributed by atoms with Crippen LogP contribution >= 0.6 is 0 Å². The SMILES string of the molecule is NCc1cccc(N2CC(c3ccccc3)NC2=O)c1. The normalized spacial score (nSPS) is 18.1. The molecule has 20 heavy (non-hydrogen) atoms. The van der Waals surface area contributed by atoms with Gasteiger partial charge in [-0.05, 0) is 23.3 Å². The third-order valence-electron chi connectivity index (χ3n) is 3.57. The Hall–Kier alpha value is -2.33. The lowest BCUT2D eigenvalue weighted by molar-refractivity contribution is 0.251. The number of anilines is 1. The van der Waals surface area contributed by atoms with E-state index in [9.17, 15) is 4.79 Å². The van der Waals surface area contributed by atoms with Gasteiger partial charge in [0.25, 0.3) is 0 Å². The maximum Gasteiger partial charge on any atom is 0.322 e. The second-order valence-corrected chi connectivity index (χ2v) is 4.90. The molecule has 1 aliphatic heterocycles. The van der Waals surface area contributed by atoms with Crippen LogP contribution in [0, 0.1) is 0 Å². The summed E-state index contributed by atoms with van der Waals surface area (Å²) < 4.78 is 0. The van der Waals surface area contributed by atoms with Crippen molar-refractivity contribution in [1.82, 2.24) is 5.32 Å². The molecule has 0 radical (unpaired) electrons. The Balaban J connectivity index is 1.83. The van der Waals surface area contributed by atoms with E-state index >= 15 is 0 Å². The van der Waals surface area contributed by atoms with Gasteiger partial charge < -0.3 is 11.1 Å². The molecular formula is C16H17N3O. The number of carbonyl (C=O) groups excluding carboxylic acids is 1. The minimum atomic E-state index is -0.0620. The van der Waals surface area contributed by atoms with Gasteiger partial charge in [-0.25, -0.2) is 4.79 Å². The molecule has 1 heterocycles. The molecule has 1 atom stereocenters. The molecule has 4 heteroatoms. The minimum Gasteiger partial charge on any atom is -0.329 e. The number of carbonyl (C=O) groups is 1. The molecule has 0 aromatic heterocycles. The lowest BCUT2D eigenvalue weighted by Gasteiger charge is -2.15. The first-order valence-corrected chi connectivity index (χ1v) is 6.70. The number of nitrogens with one attached hydrogen (secondary N) is 1. The van der Waals surface area contributed by atoms with Gasteiger partial charge in [0.2, 0.25) is 0 Å². The molecule has 2 aromatic carbocycles. The van der Waals surface area contributed by atoms with Gasteiger partial charge in [0, 0.05) is 12.2 Å². The minimum absolute atomic E-state index is 0.0326. The quantitative estimate of drug-likeness (QED) is 0.897. The highest BCUT2D eigenvalue weighted by atomic mass is 16.2. The number of hydrogen-bond donors (Lipinski definition) is 2. The van der Waals surface area contributed by atoms with Crippen LogP contribution in [0.1, 0.15) is 17.2 Å². The summed E-state index contributed by atoms with van der Waals surface area (Å²) in [7, 11) is 0. The number of benzene rings is 2. The summed E-state index contributed by atoms with van der Waals surface area (Å²) in [6.07, 6.45) is 0. The van der Waals surface area contributed by atoms with Gasteiger partial charge in [0.1, 0.15) is 0 Å². The smallest absolute Gasteiger partial charge is 0.322 e. The molecule has 0 bridgehead atoms. The molecule has 0 aliphatic carbocycles. The van der Waals surface area contributed by atoms with Crippen molar-refractivity contribution in [2.24, 2.45) is 5.73 Å². The van der Waals surface area contributed by atoms with Gasteiger partial charge in [0.15, 0.2) is 0 Å². The van der Waals surface area contributed by atoms with Gasteiger partial charge in [-0.15, -0.1) is 0 Å². The molecule has 102 valence electrons. The molecule has 1 fully saturated rings. The Kier molecular flexibility index (Phi) is 3.39. The Morgan fingerprint density at radius 3 is 2.70 bits per heavy atom. The van der Waals surface area contributed by atoms with E-state index in [1.807, 2.05) is 54.6 Å². The van der Waals surface area contributed by atoms with Gasteiger partial charge in [-0.2, -0.15) is 0 Å². The highest BCUT2D eigenvalue weighted by Gasteiger charge is 2.30. The van der Waals surface area contributed by atoms with Crippen molar-refractivity contribution in [3.63, 3.8) is 0 Å². The van der Waals surface area contributed by atoms with Gasteiger partial charge in [-0.3, -0.25) is 4.90 Å². The first-order chi connectivity index (χ1) is 9.78. The van der Waals surface area contributed by atoms with Crippen LogP contribution in [0.25, 0.3) is 0 Å². The number of amides is 2. The fraction of sp³-hybridized carbons (Fsp3) is 0.188. The molecule has 1 saturated heterocycles. The third kappa shape index (κ3) is 2.38. The number of hydrogen-bond acceptors (Lipinski definition) is 2. The van der Waals surface area contributed by atoms with E-state index in [2.05, 4.69) is 5.32 Å². The van der Waals surface area contributed by atoms with Gasteiger partial charge in [0.05, 0.1) is 12.6 Å². The van der Waals surface area contributed by atoms with Crippen molar-refractivity contribution in [3.05, 3.63) is 65.7 Å². The van der Waals surface area contributed by atoms with E-state index in [1.54, 1.807) is 4.90 Å². The predicted octanol–water partition coefficient (Wildman–Crippen LogP) is 2.42. The Morgan fingerprint density at radius 2 is 1.95 bits per heavy atom. The Bertz CT molecular complexity index is 612. The highest BCUT2D eigenvalue weighted by Crippen LogP contribution is 2.25. The summed E-state index contributed by atoms with van der Waals surface area (Å²) in [5, 5.41) is 3.01. The summed E-state index contributed by atoms with van der Waals surface area (Å²) in [5.41, 5.74) is 8.69. The number of nitrogens with zero attached hydrogens (tertiary/aromatic N) is 1. The maximum atomic E-state index is 12.1. The van der Waals surface area contributed by atoms with Crippen LogP contribution in [0.2, 0.25) is 0 Å². The fourth-order valence-electron chi connectivity index (χ4n) is 2.49. The molecule has 3 rings (SSSR count). The van der Waals surface area contributed by atoms with E-state index in [-0.39, 0.29) is 12.1 Å². The van der Waals surface area contributed by atoms with Crippen LogP contribution in [0.3, 0.4) is 0 Å². The van der Waals surface area contributed by atoms with E-state index in [4.69, 9.17) is 5.73 Å². The summed E-state index contributed by atoms with van der Waals surface area (Å²) in [4.78, 5) is 13.9. The summed E-state index contributed by atoms with van der Waals surface area (Å²) >= 11 is 0. The third-order valence-corrected chi connectivity index (χ3v) is 3.57. The van der Waals surface area contributed by atoms with Crippen molar-refractivity contribution in [3.8, 4) is 0 Å². The summed E-state index contributed by atoms with van der Waals surface area (Å²) in [5.74, 6) is 0. The molecule has 2 aromatic rings. The van der Waals surface area contributed by atoms with Crippen molar-refractivity contribution < 1.29 is 4.79 Å². The number of urea groups is 1. The number of nitrogens with two attached hydrogens (primary N) is 1. The van der Waals surface area contributed by atoms with Crippen LogP contribution < -0.4 is 16.0 Å². The average Bonchev–Trinajstić information content (AvgIpc) is 2.90. The second-order valence-electron chi connectivity index (χ2n) is 4.90. The average molecular weight is 267 g/mol. The van der Waals surface area contributed by atoms with Gasteiger partial charge >= 0.3 is 6.03 Å². The van der Waals surface area contributed by atoms with Crippen LogP contribution in [-0.4, -0.2) is 12.6 Å². The van der Waals surface area contributed by atoms with Crippen LogP contribution in [0.4, 0.5) is 10.5 Å². The largest absolute Gasteiger partial charge is 0.329 e. The first kappa shape index (κ1) is 12.7. The lowest BCUT2D eigenvalue weighted by Crippen LogP contribution is -2.27. The molecule has 1 aliphatic rings. The Labute approximate surface area is 118 Å². The first-order valence-electron chi connectivity index (χ1n) is 6.70. The molecule has 0 saturated carbocycles.